The number of rotatable bonds is 1. The molecule has 35 heavy (non-hydrogen) atoms. The lowest BCUT2D eigenvalue weighted by molar-refractivity contribution is -0.122. The molecule has 6 rings (SSSR count). The highest BCUT2D eigenvalue weighted by molar-refractivity contribution is 6.16. The van der Waals surface area contributed by atoms with E-state index in [2.05, 4.69) is 67.4 Å². The molecule has 0 saturated heterocycles. The molecular formula is C28H27N5O2. The lowest BCUT2D eigenvalue weighted by Crippen LogP contribution is -2.57. The zero-order valence-electron chi connectivity index (χ0n) is 20.5. The summed E-state index contributed by atoms with van der Waals surface area (Å²) in [5.41, 5.74) is 10.2. The molecular weight excluding hydrogens is 438 g/mol. The van der Waals surface area contributed by atoms with Crippen LogP contribution in [0.1, 0.15) is 60.7 Å². The van der Waals surface area contributed by atoms with Gasteiger partial charge in [-0.1, -0.05) is 55.0 Å². The van der Waals surface area contributed by atoms with Gasteiger partial charge in [-0.15, -0.1) is 5.10 Å². The lowest BCUT2D eigenvalue weighted by atomic mass is 9.64. The number of H-pyrrole nitrogens is 1. The first-order chi connectivity index (χ1) is 16.6. The first-order valence-electron chi connectivity index (χ1n) is 11.8. The number of carbonyl (C=O) groups is 1. The van der Waals surface area contributed by atoms with E-state index < -0.39 is 11.0 Å². The number of nitrogens with two attached hydrogens (primary N) is 1. The molecule has 3 N–H and O–H groups in total. The third-order valence-corrected chi connectivity index (χ3v) is 8.03. The molecule has 7 nitrogen and oxygen atoms in total. The number of aromatic amines is 1. The minimum absolute atomic E-state index is 0.0846. The van der Waals surface area contributed by atoms with Crippen LogP contribution in [0.4, 0.5) is 5.69 Å². The summed E-state index contributed by atoms with van der Waals surface area (Å²) in [6.45, 7) is 10.3. The fraction of sp³-hybridized carbons (Fsp3) is 0.321. The first-order valence-corrected chi connectivity index (χ1v) is 11.8. The summed E-state index contributed by atoms with van der Waals surface area (Å²) >= 11 is 0. The topological polar surface area (TPSA) is 108 Å². The third kappa shape index (κ3) is 2.39. The number of amides is 1. The molecule has 4 heterocycles. The van der Waals surface area contributed by atoms with Gasteiger partial charge in [-0.25, -0.2) is 0 Å². The van der Waals surface area contributed by atoms with Gasteiger partial charge in [0.25, 0.3) is 0 Å². The summed E-state index contributed by atoms with van der Waals surface area (Å²) < 4.78 is 5.74. The second-order valence-electron chi connectivity index (χ2n) is 10.8. The lowest BCUT2D eigenvalue weighted by Gasteiger charge is -2.50. The van der Waals surface area contributed by atoms with E-state index in [1.165, 1.54) is 5.56 Å². The van der Waals surface area contributed by atoms with Gasteiger partial charge in [0.15, 0.2) is 0 Å². The molecule has 3 aliphatic heterocycles. The second-order valence-corrected chi connectivity index (χ2v) is 10.8. The molecule has 3 aliphatic rings. The van der Waals surface area contributed by atoms with Crippen LogP contribution >= 0.6 is 0 Å². The predicted octanol–water partition coefficient (Wildman–Crippen LogP) is 4.23. The summed E-state index contributed by atoms with van der Waals surface area (Å²) in [5.74, 6) is -0.0299. The fourth-order valence-corrected chi connectivity index (χ4v) is 6.80. The average Bonchev–Trinajstić information content (AvgIpc) is 3.29. The molecule has 1 aromatic heterocycles. The maximum absolute atomic E-state index is 14.7. The monoisotopic (exact) mass is 465 g/mol. The van der Waals surface area contributed by atoms with E-state index >= 15 is 0 Å². The van der Waals surface area contributed by atoms with Crippen molar-refractivity contribution in [2.75, 3.05) is 4.90 Å². The van der Waals surface area contributed by atoms with Gasteiger partial charge >= 0.3 is 0 Å². The number of carbonyl (C=O) groups excluding carboxylic acids is 1. The Kier molecular flexibility index (Phi) is 4.01. The number of fused-ring (bicyclic) bond motifs is 3. The highest BCUT2D eigenvalue weighted by Crippen LogP contribution is 2.63. The van der Waals surface area contributed by atoms with Gasteiger partial charge in [-0.3, -0.25) is 9.89 Å². The summed E-state index contributed by atoms with van der Waals surface area (Å²) in [5, 5.41) is 17.6. The molecule has 1 spiro atoms. The van der Waals surface area contributed by atoms with Crippen molar-refractivity contribution in [3.8, 4) is 11.9 Å². The molecule has 2 aromatic carbocycles. The minimum atomic E-state index is -1.42. The molecule has 7 heteroatoms. The average molecular weight is 466 g/mol. The summed E-state index contributed by atoms with van der Waals surface area (Å²) in [7, 11) is 0. The molecule has 1 amide bonds. The Balaban J connectivity index is 1.79. The van der Waals surface area contributed by atoms with Crippen molar-refractivity contribution in [2.24, 2.45) is 5.73 Å². The van der Waals surface area contributed by atoms with Crippen LogP contribution in [0.15, 0.2) is 53.9 Å². The maximum atomic E-state index is 14.7. The van der Waals surface area contributed by atoms with Crippen molar-refractivity contribution >= 4 is 11.6 Å². The number of nitriles is 1. The Bertz CT molecular complexity index is 1510. The molecule has 0 unspecified atom stereocenters. The van der Waals surface area contributed by atoms with Gasteiger partial charge in [0.05, 0.1) is 11.3 Å². The molecule has 176 valence electrons. The van der Waals surface area contributed by atoms with Gasteiger partial charge < -0.3 is 15.4 Å². The van der Waals surface area contributed by atoms with Gasteiger partial charge in [0, 0.05) is 22.2 Å². The number of aromatic nitrogens is 2. The van der Waals surface area contributed by atoms with Gasteiger partial charge in [0.1, 0.15) is 17.1 Å². The second kappa shape index (κ2) is 6.54. The molecule has 2 atom stereocenters. The molecule has 0 saturated carbocycles. The number of nitrogens with zero attached hydrogens (tertiary/aromatic N) is 3. The SMILES string of the molecule is Cc1cc2c3c(c1)[C@]1(C(=O)N3C(C)(C)C[C@@]2(C)c2ccccc2)C(C#N)=C(N)Oc2n[nH]c(C)c21. The first kappa shape index (κ1) is 21.5. The Hall–Kier alpha value is -4.05. The third-order valence-electron chi connectivity index (χ3n) is 8.03. The van der Waals surface area contributed by atoms with Crippen LogP contribution in [0.3, 0.4) is 0 Å². The quantitative estimate of drug-likeness (QED) is 0.559. The van der Waals surface area contributed by atoms with Crippen molar-refractivity contribution in [1.82, 2.24) is 10.2 Å². The maximum Gasteiger partial charge on any atom is 0.248 e. The van der Waals surface area contributed by atoms with Crippen molar-refractivity contribution in [3.05, 3.63) is 87.4 Å². The number of benzene rings is 2. The van der Waals surface area contributed by atoms with Crippen molar-refractivity contribution in [1.29, 1.82) is 5.26 Å². The summed E-state index contributed by atoms with van der Waals surface area (Å²) in [4.78, 5) is 16.6. The van der Waals surface area contributed by atoms with Crippen molar-refractivity contribution < 1.29 is 9.53 Å². The van der Waals surface area contributed by atoms with Crippen LogP contribution in [0, 0.1) is 25.2 Å². The Morgan fingerprint density at radius 2 is 1.83 bits per heavy atom. The van der Waals surface area contributed by atoms with E-state index in [1.807, 2.05) is 30.9 Å². The summed E-state index contributed by atoms with van der Waals surface area (Å²) in [6.07, 6.45) is 0.719. The molecule has 0 fully saturated rings. The van der Waals surface area contributed by atoms with Crippen LogP contribution in [0.5, 0.6) is 5.88 Å². The number of hydrogen-bond acceptors (Lipinski definition) is 5. The highest BCUT2D eigenvalue weighted by atomic mass is 16.5. The van der Waals surface area contributed by atoms with E-state index in [4.69, 9.17) is 10.5 Å². The number of anilines is 1. The Morgan fingerprint density at radius 3 is 2.51 bits per heavy atom. The molecule has 3 aromatic rings. The van der Waals surface area contributed by atoms with Crippen LogP contribution in [-0.2, 0) is 15.6 Å². The Morgan fingerprint density at radius 1 is 1.14 bits per heavy atom. The number of ether oxygens (including phenoxy) is 1. The van der Waals surface area contributed by atoms with Crippen LogP contribution in [0.2, 0.25) is 0 Å². The van der Waals surface area contributed by atoms with Gasteiger partial charge in [-0.05, 0) is 45.2 Å². The number of nitrogens with one attached hydrogen (secondary N) is 1. The fourth-order valence-electron chi connectivity index (χ4n) is 6.80. The smallest absolute Gasteiger partial charge is 0.248 e. The Labute approximate surface area is 204 Å². The van der Waals surface area contributed by atoms with Crippen LogP contribution in [-0.4, -0.2) is 21.6 Å². The highest BCUT2D eigenvalue weighted by Gasteiger charge is 2.65. The minimum Gasteiger partial charge on any atom is -0.420 e. The largest absolute Gasteiger partial charge is 0.420 e. The molecule has 0 radical (unpaired) electrons. The predicted molar refractivity (Wildman–Crippen MR) is 132 cm³/mol. The van der Waals surface area contributed by atoms with Crippen molar-refractivity contribution in [3.63, 3.8) is 0 Å². The summed E-state index contributed by atoms with van der Waals surface area (Å²) in [6, 6.07) is 16.9. The van der Waals surface area contributed by atoms with Gasteiger partial charge in [-0.2, -0.15) is 5.26 Å². The molecule has 0 bridgehead atoms. The zero-order valence-corrected chi connectivity index (χ0v) is 20.5. The number of aryl methyl sites for hydroxylation is 2. The van der Waals surface area contributed by atoms with E-state index in [0.717, 1.165) is 28.8 Å². The molecule has 0 aliphatic carbocycles. The van der Waals surface area contributed by atoms with Crippen LogP contribution < -0.4 is 15.4 Å². The van der Waals surface area contributed by atoms with E-state index in [0.29, 0.717) is 11.3 Å². The van der Waals surface area contributed by atoms with Gasteiger partial charge in [0.2, 0.25) is 17.7 Å². The number of hydrogen-bond donors (Lipinski definition) is 2. The van der Waals surface area contributed by atoms with E-state index in [-0.39, 0.29) is 28.7 Å². The van der Waals surface area contributed by atoms with E-state index in [1.54, 1.807) is 0 Å². The normalized spacial score (nSPS) is 25.8. The van der Waals surface area contributed by atoms with Crippen LogP contribution in [0.25, 0.3) is 0 Å². The van der Waals surface area contributed by atoms with E-state index in [9.17, 15) is 10.1 Å². The zero-order chi connectivity index (χ0) is 24.9. The van der Waals surface area contributed by atoms with Crippen molar-refractivity contribution in [2.45, 2.75) is 57.4 Å². The standard InChI is InChI=1S/C28H27N5O2/c1-15-11-18-22-19(12-15)28(20(13-29)23(30)35-24-21(28)16(2)31-32-24)25(34)33(22)26(3,4)14-27(18,5)17-9-7-6-8-10-17/h6-12H,14,30H2,1-5H3,(H,31,32)/t27-,28-/m0/s1.